The molecule has 110 valence electrons. The highest BCUT2D eigenvalue weighted by molar-refractivity contribution is 5.41. The lowest BCUT2D eigenvalue weighted by molar-refractivity contribution is 0.407. The molecule has 1 aromatic rings. The molecule has 2 rings (SSSR count). The van der Waals surface area contributed by atoms with Crippen LogP contribution >= 0.6 is 0 Å². The van der Waals surface area contributed by atoms with E-state index in [0.717, 1.165) is 24.3 Å². The predicted molar refractivity (Wildman–Crippen MR) is 82.2 cm³/mol. The molecule has 0 saturated carbocycles. The van der Waals surface area contributed by atoms with Crippen LogP contribution in [0.2, 0.25) is 0 Å². The van der Waals surface area contributed by atoms with Gasteiger partial charge >= 0.3 is 0 Å². The average Bonchev–Trinajstić information content (AvgIpc) is 2.48. The second-order valence-corrected chi connectivity index (χ2v) is 5.46. The molecule has 3 heteroatoms. The Hall–Kier alpha value is -1.48. The van der Waals surface area contributed by atoms with Gasteiger partial charge in [-0.15, -0.1) is 0 Å². The van der Waals surface area contributed by atoms with E-state index in [1.165, 1.54) is 25.7 Å². The molecule has 0 aromatic heterocycles. The van der Waals surface area contributed by atoms with E-state index < -0.39 is 0 Å². The lowest BCUT2D eigenvalue weighted by Gasteiger charge is -2.18. The molecule has 1 aliphatic carbocycles. The summed E-state index contributed by atoms with van der Waals surface area (Å²) in [6.07, 6.45) is 8.65. The van der Waals surface area contributed by atoms with Gasteiger partial charge in [0.05, 0.1) is 7.11 Å². The van der Waals surface area contributed by atoms with Crippen molar-refractivity contribution in [1.29, 1.82) is 0 Å². The van der Waals surface area contributed by atoms with Gasteiger partial charge < -0.3 is 15.2 Å². The van der Waals surface area contributed by atoms with Crippen molar-refractivity contribution in [3.63, 3.8) is 0 Å². The van der Waals surface area contributed by atoms with Crippen LogP contribution < -0.4 is 10.1 Å². The topological polar surface area (TPSA) is 41.5 Å². The molecule has 2 N–H and O–H groups in total. The number of hydrogen-bond donors (Lipinski definition) is 2. The smallest absolute Gasteiger partial charge is 0.120 e. The second kappa shape index (κ2) is 7.34. The number of ether oxygens (including phenoxy) is 1. The standard InChI is InChI=1S/C17H25NO2/c1-13(16-12-15(20-2)8-9-17(16)19)18-11-10-14-6-4-3-5-7-14/h6,8-9,12-13,18-19H,3-5,7,10-11H2,1-2H3. The summed E-state index contributed by atoms with van der Waals surface area (Å²) in [7, 11) is 1.64. The van der Waals surface area contributed by atoms with Gasteiger partial charge in [0.25, 0.3) is 0 Å². The summed E-state index contributed by atoms with van der Waals surface area (Å²) in [5.41, 5.74) is 2.47. The fraction of sp³-hybridized carbons (Fsp3) is 0.529. The fourth-order valence-electron chi connectivity index (χ4n) is 2.70. The van der Waals surface area contributed by atoms with Gasteiger partial charge in [-0.2, -0.15) is 0 Å². The summed E-state index contributed by atoms with van der Waals surface area (Å²) in [5, 5.41) is 13.4. The number of phenolic OH excluding ortho intramolecular Hbond substituents is 1. The van der Waals surface area contributed by atoms with Crippen LogP contribution in [0.4, 0.5) is 0 Å². The van der Waals surface area contributed by atoms with Crippen molar-refractivity contribution in [2.45, 2.75) is 45.1 Å². The number of rotatable bonds is 6. The van der Waals surface area contributed by atoms with Gasteiger partial charge in [-0.05, 0) is 63.8 Å². The first-order valence-electron chi connectivity index (χ1n) is 7.49. The van der Waals surface area contributed by atoms with Crippen molar-refractivity contribution in [3.8, 4) is 11.5 Å². The zero-order valence-corrected chi connectivity index (χ0v) is 12.5. The summed E-state index contributed by atoms with van der Waals surface area (Å²) in [6, 6.07) is 5.48. The first-order valence-corrected chi connectivity index (χ1v) is 7.49. The number of methoxy groups -OCH3 is 1. The Bertz CT molecular complexity index is 468. The Labute approximate surface area is 121 Å². The number of phenols is 1. The lowest BCUT2D eigenvalue weighted by Crippen LogP contribution is -2.20. The van der Waals surface area contributed by atoms with E-state index in [1.807, 2.05) is 6.07 Å². The molecule has 0 fully saturated rings. The Morgan fingerprint density at radius 3 is 2.90 bits per heavy atom. The molecular weight excluding hydrogens is 250 g/mol. The lowest BCUT2D eigenvalue weighted by atomic mass is 9.97. The van der Waals surface area contributed by atoms with Crippen molar-refractivity contribution < 1.29 is 9.84 Å². The molecule has 1 atom stereocenters. The van der Waals surface area contributed by atoms with Crippen molar-refractivity contribution in [3.05, 3.63) is 35.4 Å². The Kier molecular flexibility index (Phi) is 5.48. The Morgan fingerprint density at radius 1 is 1.35 bits per heavy atom. The van der Waals surface area contributed by atoms with Crippen molar-refractivity contribution >= 4 is 0 Å². The van der Waals surface area contributed by atoms with Crippen LogP contribution in [0.25, 0.3) is 0 Å². The highest BCUT2D eigenvalue weighted by Crippen LogP contribution is 2.28. The van der Waals surface area contributed by atoms with Crippen molar-refractivity contribution in [2.75, 3.05) is 13.7 Å². The summed E-state index contributed by atoms with van der Waals surface area (Å²) >= 11 is 0. The summed E-state index contributed by atoms with van der Waals surface area (Å²) < 4.78 is 5.21. The van der Waals surface area contributed by atoms with Gasteiger partial charge in [-0.3, -0.25) is 0 Å². The first-order chi connectivity index (χ1) is 9.70. The summed E-state index contributed by atoms with van der Waals surface area (Å²) in [6.45, 7) is 3.02. The molecule has 0 radical (unpaired) electrons. The van der Waals surface area contributed by atoms with Gasteiger partial charge in [0.2, 0.25) is 0 Å². The number of benzene rings is 1. The average molecular weight is 275 g/mol. The van der Waals surface area contributed by atoms with Gasteiger partial charge in [-0.1, -0.05) is 11.6 Å². The van der Waals surface area contributed by atoms with Crippen LogP contribution in [0.15, 0.2) is 29.8 Å². The van der Waals surface area contributed by atoms with E-state index in [4.69, 9.17) is 4.74 Å². The predicted octanol–water partition coefficient (Wildman–Crippen LogP) is 3.94. The molecule has 1 aromatic carbocycles. The molecule has 1 unspecified atom stereocenters. The van der Waals surface area contributed by atoms with Crippen LogP contribution in [0, 0.1) is 0 Å². The second-order valence-electron chi connectivity index (χ2n) is 5.46. The van der Waals surface area contributed by atoms with Gasteiger partial charge in [0.1, 0.15) is 11.5 Å². The number of nitrogens with one attached hydrogen (secondary N) is 1. The van der Waals surface area contributed by atoms with E-state index in [0.29, 0.717) is 5.75 Å². The molecular formula is C17H25NO2. The van der Waals surface area contributed by atoms with Crippen LogP contribution in [0.3, 0.4) is 0 Å². The minimum Gasteiger partial charge on any atom is -0.508 e. The minimum atomic E-state index is 0.120. The van der Waals surface area contributed by atoms with Crippen molar-refractivity contribution in [1.82, 2.24) is 5.32 Å². The quantitative estimate of drug-likeness (QED) is 0.773. The number of allylic oxidation sites excluding steroid dienone is 1. The molecule has 0 saturated heterocycles. The molecule has 20 heavy (non-hydrogen) atoms. The van der Waals surface area contributed by atoms with E-state index in [1.54, 1.807) is 24.8 Å². The number of hydrogen-bond acceptors (Lipinski definition) is 3. The Balaban J connectivity index is 1.87. The fourth-order valence-corrected chi connectivity index (χ4v) is 2.70. The van der Waals surface area contributed by atoms with Gasteiger partial charge in [-0.25, -0.2) is 0 Å². The minimum absolute atomic E-state index is 0.120. The maximum absolute atomic E-state index is 9.94. The van der Waals surface area contributed by atoms with Crippen molar-refractivity contribution in [2.24, 2.45) is 0 Å². The normalized spacial score (nSPS) is 16.6. The van der Waals surface area contributed by atoms with E-state index >= 15 is 0 Å². The zero-order valence-electron chi connectivity index (χ0n) is 12.5. The zero-order chi connectivity index (χ0) is 14.4. The SMILES string of the molecule is COc1ccc(O)c(C(C)NCCC2=CCCCC2)c1. The van der Waals surface area contributed by atoms with E-state index in [2.05, 4.69) is 18.3 Å². The van der Waals surface area contributed by atoms with Crippen LogP contribution in [-0.2, 0) is 0 Å². The third-order valence-corrected chi connectivity index (χ3v) is 3.98. The molecule has 0 aliphatic heterocycles. The van der Waals surface area contributed by atoms with E-state index in [9.17, 15) is 5.11 Å². The largest absolute Gasteiger partial charge is 0.508 e. The van der Waals surface area contributed by atoms with Crippen LogP contribution in [0.5, 0.6) is 11.5 Å². The molecule has 1 aliphatic rings. The highest BCUT2D eigenvalue weighted by atomic mass is 16.5. The van der Waals surface area contributed by atoms with Crippen LogP contribution in [-0.4, -0.2) is 18.8 Å². The third kappa shape index (κ3) is 4.01. The molecule has 0 spiro atoms. The maximum atomic E-state index is 9.94. The third-order valence-electron chi connectivity index (χ3n) is 3.98. The van der Waals surface area contributed by atoms with Crippen LogP contribution in [0.1, 0.15) is 50.6 Å². The first kappa shape index (κ1) is 14.9. The molecule has 0 bridgehead atoms. The monoisotopic (exact) mass is 275 g/mol. The number of aromatic hydroxyl groups is 1. The summed E-state index contributed by atoms with van der Waals surface area (Å²) in [4.78, 5) is 0. The molecule has 3 nitrogen and oxygen atoms in total. The van der Waals surface area contributed by atoms with E-state index in [-0.39, 0.29) is 6.04 Å². The molecule has 0 amide bonds. The molecule has 0 heterocycles. The highest BCUT2D eigenvalue weighted by Gasteiger charge is 2.11. The van der Waals surface area contributed by atoms with Gasteiger partial charge in [0.15, 0.2) is 0 Å². The Morgan fingerprint density at radius 2 is 2.20 bits per heavy atom. The van der Waals surface area contributed by atoms with Gasteiger partial charge in [0, 0.05) is 11.6 Å². The summed E-state index contributed by atoms with van der Waals surface area (Å²) in [5.74, 6) is 1.10. The maximum Gasteiger partial charge on any atom is 0.120 e.